The summed E-state index contributed by atoms with van der Waals surface area (Å²) < 4.78 is 12.8. The van der Waals surface area contributed by atoms with Crippen molar-refractivity contribution >= 4 is 11.7 Å². The Labute approximate surface area is 178 Å². The Bertz CT molecular complexity index is 830. The van der Waals surface area contributed by atoms with Crippen LogP contribution in [0.4, 0.5) is 10.2 Å². The van der Waals surface area contributed by atoms with E-state index in [2.05, 4.69) is 45.1 Å². The van der Waals surface area contributed by atoms with Gasteiger partial charge in [-0.1, -0.05) is 43.3 Å². The van der Waals surface area contributed by atoms with Crippen molar-refractivity contribution in [2.75, 3.05) is 37.6 Å². The number of hydrogen-bond acceptors (Lipinski definition) is 4. The number of amides is 1. The standard InChI is InChI=1S/C24H31FN4O/c1-2-23(30)29(22-9-8-21(16-25)17-26-22)19-24(10-11-24)28-14-12-27(13-15-28)18-20-6-4-3-5-7-20/h3-9,17H,2,10-16,18-19H2,1H3. The SMILES string of the molecule is CCC(=O)N(CC1(N2CCN(Cc3ccccc3)CC2)CC1)c1ccc(CF)cn1. The second-order valence-electron chi connectivity index (χ2n) is 8.46. The summed E-state index contributed by atoms with van der Waals surface area (Å²) in [7, 11) is 0. The third-order valence-corrected chi connectivity index (χ3v) is 6.42. The third kappa shape index (κ3) is 4.71. The molecule has 1 saturated heterocycles. The zero-order valence-corrected chi connectivity index (χ0v) is 17.8. The van der Waals surface area contributed by atoms with E-state index >= 15 is 0 Å². The predicted octanol–water partition coefficient (Wildman–Crippen LogP) is 3.64. The molecule has 2 aromatic rings. The number of anilines is 1. The van der Waals surface area contributed by atoms with Gasteiger partial charge in [0.05, 0.1) is 0 Å². The van der Waals surface area contributed by atoms with Crippen molar-refractivity contribution < 1.29 is 9.18 Å². The van der Waals surface area contributed by atoms with E-state index in [0.717, 1.165) is 45.6 Å². The normalized spacial score (nSPS) is 18.9. The Morgan fingerprint density at radius 1 is 1.07 bits per heavy atom. The van der Waals surface area contributed by atoms with Gasteiger partial charge in [0.1, 0.15) is 12.5 Å². The molecule has 1 aromatic carbocycles. The molecule has 4 rings (SSSR count). The van der Waals surface area contributed by atoms with Crippen molar-refractivity contribution in [1.29, 1.82) is 0 Å². The summed E-state index contributed by atoms with van der Waals surface area (Å²) >= 11 is 0. The first-order valence-electron chi connectivity index (χ1n) is 11.0. The lowest BCUT2D eigenvalue weighted by atomic mass is 10.1. The lowest BCUT2D eigenvalue weighted by molar-refractivity contribution is -0.118. The summed E-state index contributed by atoms with van der Waals surface area (Å²) in [6.45, 7) is 7.14. The maximum atomic E-state index is 12.8. The molecule has 160 valence electrons. The van der Waals surface area contributed by atoms with Gasteiger partial charge in [-0.05, 0) is 24.5 Å². The number of carbonyl (C=O) groups is 1. The van der Waals surface area contributed by atoms with Gasteiger partial charge in [0.2, 0.25) is 5.91 Å². The number of pyridine rings is 1. The highest BCUT2D eigenvalue weighted by atomic mass is 19.1. The minimum atomic E-state index is -0.536. The van der Waals surface area contributed by atoms with Crippen LogP contribution in [0.1, 0.15) is 37.3 Å². The molecular weight excluding hydrogens is 379 g/mol. The van der Waals surface area contributed by atoms with Crippen molar-refractivity contribution in [1.82, 2.24) is 14.8 Å². The molecule has 1 aliphatic heterocycles. The van der Waals surface area contributed by atoms with E-state index in [1.807, 2.05) is 11.8 Å². The van der Waals surface area contributed by atoms with Crippen LogP contribution in [-0.2, 0) is 18.0 Å². The average Bonchev–Trinajstić information content (AvgIpc) is 3.59. The Hall–Kier alpha value is -2.31. The Morgan fingerprint density at radius 3 is 2.37 bits per heavy atom. The van der Waals surface area contributed by atoms with Crippen molar-refractivity contribution in [2.45, 2.75) is 44.9 Å². The van der Waals surface area contributed by atoms with E-state index < -0.39 is 6.67 Å². The molecule has 30 heavy (non-hydrogen) atoms. The summed E-state index contributed by atoms with van der Waals surface area (Å²) in [6.07, 6.45) is 4.20. The molecule has 6 heteroatoms. The van der Waals surface area contributed by atoms with Crippen molar-refractivity contribution in [3.05, 3.63) is 59.8 Å². The Kier molecular flexibility index (Phi) is 6.44. The number of halogens is 1. The van der Waals surface area contributed by atoms with Crippen LogP contribution in [0.3, 0.4) is 0 Å². The van der Waals surface area contributed by atoms with Gasteiger partial charge < -0.3 is 0 Å². The summed E-state index contributed by atoms with van der Waals surface area (Å²) in [5, 5.41) is 0. The van der Waals surface area contributed by atoms with Gasteiger partial charge in [0.25, 0.3) is 0 Å². The molecule has 2 aliphatic rings. The fourth-order valence-corrected chi connectivity index (χ4v) is 4.38. The molecule has 0 spiro atoms. The molecule has 0 bridgehead atoms. The molecule has 1 aromatic heterocycles. The molecule has 0 radical (unpaired) electrons. The van der Waals surface area contributed by atoms with Crippen LogP contribution in [0.15, 0.2) is 48.7 Å². The summed E-state index contributed by atoms with van der Waals surface area (Å²) in [5.41, 5.74) is 1.96. The molecular formula is C24H31FN4O. The average molecular weight is 411 g/mol. The van der Waals surface area contributed by atoms with E-state index in [9.17, 15) is 9.18 Å². The van der Waals surface area contributed by atoms with Crippen LogP contribution >= 0.6 is 0 Å². The number of carbonyl (C=O) groups excluding carboxylic acids is 1. The molecule has 5 nitrogen and oxygen atoms in total. The van der Waals surface area contributed by atoms with Gasteiger partial charge in [0, 0.05) is 63.0 Å². The number of nitrogens with zero attached hydrogens (tertiary/aromatic N) is 4. The molecule has 1 aliphatic carbocycles. The smallest absolute Gasteiger partial charge is 0.227 e. The highest BCUT2D eigenvalue weighted by Crippen LogP contribution is 2.43. The number of benzene rings is 1. The van der Waals surface area contributed by atoms with Crippen molar-refractivity contribution in [3.8, 4) is 0 Å². The van der Waals surface area contributed by atoms with E-state index in [1.165, 1.54) is 11.8 Å². The molecule has 0 atom stereocenters. The van der Waals surface area contributed by atoms with Gasteiger partial charge in [-0.15, -0.1) is 0 Å². The molecule has 0 N–H and O–H groups in total. The number of piperazine rings is 1. The highest BCUT2D eigenvalue weighted by Gasteiger charge is 2.50. The van der Waals surface area contributed by atoms with E-state index in [4.69, 9.17) is 0 Å². The minimum absolute atomic E-state index is 0.0596. The maximum Gasteiger partial charge on any atom is 0.227 e. The molecule has 1 amide bonds. The summed E-state index contributed by atoms with van der Waals surface area (Å²) in [5.74, 6) is 0.706. The summed E-state index contributed by atoms with van der Waals surface area (Å²) in [4.78, 5) is 24.0. The van der Waals surface area contributed by atoms with Gasteiger partial charge in [-0.2, -0.15) is 0 Å². The van der Waals surface area contributed by atoms with Crippen LogP contribution in [0.25, 0.3) is 0 Å². The minimum Gasteiger partial charge on any atom is -0.297 e. The second kappa shape index (κ2) is 9.23. The number of hydrogen-bond donors (Lipinski definition) is 0. The monoisotopic (exact) mass is 410 g/mol. The lowest BCUT2D eigenvalue weighted by Gasteiger charge is -2.41. The van der Waals surface area contributed by atoms with Crippen LogP contribution < -0.4 is 4.90 Å². The molecule has 2 fully saturated rings. The Morgan fingerprint density at radius 2 is 1.80 bits per heavy atom. The first kappa shape index (κ1) is 20.9. The third-order valence-electron chi connectivity index (χ3n) is 6.42. The molecule has 2 heterocycles. The van der Waals surface area contributed by atoms with Crippen LogP contribution in [-0.4, -0.2) is 59.0 Å². The number of aromatic nitrogens is 1. The van der Waals surface area contributed by atoms with Gasteiger partial charge >= 0.3 is 0 Å². The van der Waals surface area contributed by atoms with Crippen molar-refractivity contribution in [2.24, 2.45) is 0 Å². The Balaban J connectivity index is 1.39. The number of alkyl halides is 1. The zero-order valence-electron chi connectivity index (χ0n) is 17.8. The first-order valence-corrected chi connectivity index (χ1v) is 11.0. The molecule has 1 saturated carbocycles. The van der Waals surface area contributed by atoms with E-state index in [-0.39, 0.29) is 11.4 Å². The zero-order chi connectivity index (χ0) is 21.0. The van der Waals surface area contributed by atoms with Crippen molar-refractivity contribution in [3.63, 3.8) is 0 Å². The fourth-order valence-electron chi connectivity index (χ4n) is 4.38. The molecule has 0 unspecified atom stereocenters. The predicted molar refractivity (Wildman–Crippen MR) is 117 cm³/mol. The van der Waals surface area contributed by atoms with Gasteiger partial charge in [-0.25, -0.2) is 9.37 Å². The largest absolute Gasteiger partial charge is 0.297 e. The highest BCUT2D eigenvalue weighted by molar-refractivity contribution is 5.92. The van der Waals surface area contributed by atoms with Crippen LogP contribution in [0, 0.1) is 0 Å². The van der Waals surface area contributed by atoms with Crippen LogP contribution in [0.2, 0.25) is 0 Å². The number of rotatable bonds is 8. The van der Waals surface area contributed by atoms with E-state index in [1.54, 1.807) is 12.1 Å². The van der Waals surface area contributed by atoms with Crippen LogP contribution in [0.5, 0.6) is 0 Å². The second-order valence-corrected chi connectivity index (χ2v) is 8.46. The topological polar surface area (TPSA) is 39.7 Å². The lowest BCUT2D eigenvalue weighted by Crippen LogP contribution is -2.55. The first-order chi connectivity index (χ1) is 14.6. The van der Waals surface area contributed by atoms with Gasteiger partial charge in [0.15, 0.2) is 0 Å². The maximum absolute atomic E-state index is 12.8. The van der Waals surface area contributed by atoms with E-state index in [0.29, 0.717) is 24.3 Å². The van der Waals surface area contributed by atoms with Gasteiger partial charge in [-0.3, -0.25) is 19.5 Å². The summed E-state index contributed by atoms with van der Waals surface area (Å²) in [6, 6.07) is 14.1. The quantitative estimate of drug-likeness (QED) is 0.666. The fraction of sp³-hybridized carbons (Fsp3) is 0.500.